The zero-order valence-corrected chi connectivity index (χ0v) is 14.3. The summed E-state index contributed by atoms with van der Waals surface area (Å²) in [6.07, 6.45) is 0. The van der Waals surface area contributed by atoms with Crippen molar-refractivity contribution in [1.29, 1.82) is 0 Å². The van der Waals surface area contributed by atoms with Gasteiger partial charge in [0.15, 0.2) is 0 Å². The van der Waals surface area contributed by atoms with Crippen molar-refractivity contribution in [1.82, 2.24) is 4.90 Å². The highest BCUT2D eigenvalue weighted by atomic mass is 79.9. The summed E-state index contributed by atoms with van der Waals surface area (Å²) in [6.45, 7) is 8.95. The first kappa shape index (κ1) is 15.4. The zero-order valence-electron chi connectivity index (χ0n) is 11.9. The second kappa shape index (κ2) is 6.17. The predicted octanol–water partition coefficient (Wildman–Crippen LogP) is 3.66. The van der Waals surface area contributed by atoms with E-state index >= 15 is 0 Å². The molecule has 1 heterocycles. The lowest BCUT2D eigenvalue weighted by molar-refractivity contribution is 0.168. The van der Waals surface area contributed by atoms with Crippen molar-refractivity contribution < 1.29 is 0 Å². The monoisotopic (exact) mass is 342 g/mol. The molecule has 0 saturated carbocycles. The van der Waals surface area contributed by atoms with Crippen LogP contribution in [0.25, 0.3) is 0 Å². The van der Waals surface area contributed by atoms with E-state index in [1.165, 1.54) is 11.3 Å². The topological polar surface area (TPSA) is 29.3 Å². The van der Waals surface area contributed by atoms with Gasteiger partial charge in [0.05, 0.1) is 6.04 Å². The molecule has 1 fully saturated rings. The lowest BCUT2D eigenvalue weighted by atomic mass is 9.98. The number of nitrogens with two attached hydrogens (primary N) is 1. The minimum atomic E-state index is 0.123. The SMILES string of the molecule is CC(N)C(c1ccccc1Br)N1CCSC(C)(C)C1. The van der Waals surface area contributed by atoms with Gasteiger partial charge in [-0.2, -0.15) is 11.8 Å². The van der Waals surface area contributed by atoms with Gasteiger partial charge >= 0.3 is 0 Å². The Labute approximate surface area is 129 Å². The van der Waals surface area contributed by atoms with Crippen molar-refractivity contribution in [3.63, 3.8) is 0 Å². The van der Waals surface area contributed by atoms with Gasteiger partial charge in [0.1, 0.15) is 0 Å². The molecule has 2 unspecified atom stereocenters. The third-order valence-corrected chi connectivity index (χ3v) is 5.59. The fourth-order valence-electron chi connectivity index (χ4n) is 2.82. The number of hydrogen-bond donors (Lipinski definition) is 1. The van der Waals surface area contributed by atoms with Crippen molar-refractivity contribution in [2.45, 2.75) is 37.6 Å². The van der Waals surface area contributed by atoms with Crippen LogP contribution in [0.15, 0.2) is 28.7 Å². The van der Waals surface area contributed by atoms with E-state index in [-0.39, 0.29) is 12.1 Å². The maximum absolute atomic E-state index is 6.29. The van der Waals surface area contributed by atoms with Gasteiger partial charge in [0.2, 0.25) is 0 Å². The Balaban J connectivity index is 2.28. The highest BCUT2D eigenvalue weighted by Crippen LogP contribution is 2.36. The van der Waals surface area contributed by atoms with E-state index in [0.29, 0.717) is 4.75 Å². The van der Waals surface area contributed by atoms with Crippen LogP contribution < -0.4 is 5.73 Å². The quantitative estimate of drug-likeness (QED) is 0.908. The van der Waals surface area contributed by atoms with Crippen LogP contribution in [-0.2, 0) is 0 Å². The molecule has 0 aliphatic carbocycles. The van der Waals surface area contributed by atoms with Crippen molar-refractivity contribution in [3.8, 4) is 0 Å². The fourth-order valence-corrected chi connectivity index (χ4v) is 4.47. The molecule has 2 atom stereocenters. The molecule has 106 valence electrons. The molecule has 1 aromatic carbocycles. The number of hydrogen-bond acceptors (Lipinski definition) is 3. The summed E-state index contributed by atoms with van der Waals surface area (Å²) in [6, 6.07) is 8.86. The van der Waals surface area contributed by atoms with E-state index in [0.717, 1.165) is 17.6 Å². The summed E-state index contributed by atoms with van der Waals surface area (Å²) in [5, 5.41) is 0. The lowest BCUT2D eigenvalue weighted by Gasteiger charge is -2.43. The highest BCUT2D eigenvalue weighted by molar-refractivity contribution is 9.10. The minimum Gasteiger partial charge on any atom is -0.326 e. The Morgan fingerprint density at radius 3 is 2.63 bits per heavy atom. The third-order valence-electron chi connectivity index (χ3n) is 3.57. The molecule has 0 radical (unpaired) electrons. The molecule has 2 N–H and O–H groups in total. The summed E-state index contributed by atoms with van der Waals surface area (Å²) in [4.78, 5) is 2.54. The van der Waals surface area contributed by atoms with Gasteiger partial charge in [-0.3, -0.25) is 4.90 Å². The molecule has 0 amide bonds. The molecular formula is C15H23BrN2S. The second-order valence-electron chi connectivity index (χ2n) is 5.90. The Hall–Kier alpha value is -0.0300. The summed E-state index contributed by atoms with van der Waals surface area (Å²) in [7, 11) is 0. The molecule has 1 aliphatic rings. The summed E-state index contributed by atoms with van der Waals surface area (Å²) in [5.74, 6) is 1.18. The van der Waals surface area contributed by atoms with Gasteiger partial charge in [-0.25, -0.2) is 0 Å². The molecule has 2 rings (SSSR count). The minimum absolute atomic E-state index is 0.123. The van der Waals surface area contributed by atoms with Crippen LogP contribution in [0.5, 0.6) is 0 Å². The average Bonchev–Trinajstić information content (AvgIpc) is 2.30. The molecule has 2 nitrogen and oxygen atoms in total. The van der Waals surface area contributed by atoms with E-state index < -0.39 is 0 Å². The summed E-state index contributed by atoms with van der Waals surface area (Å²) in [5.41, 5.74) is 7.59. The Morgan fingerprint density at radius 2 is 2.05 bits per heavy atom. The molecule has 0 aromatic heterocycles. The van der Waals surface area contributed by atoms with E-state index in [1.807, 2.05) is 0 Å². The predicted molar refractivity (Wildman–Crippen MR) is 88.6 cm³/mol. The van der Waals surface area contributed by atoms with Gasteiger partial charge in [0.25, 0.3) is 0 Å². The average molecular weight is 343 g/mol. The summed E-state index contributed by atoms with van der Waals surface area (Å²) < 4.78 is 1.47. The van der Waals surface area contributed by atoms with Crippen molar-refractivity contribution in [2.75, 3.05) is 18.8 Å². The van der Waals surface area contributed by atoms with Crippen LogP contribution in [0, 0.1) is 0 Å². The second-order valence-corrected chi connectivity index (χ2v) is 8.56. The zero-order chi connectivity index (χ0) is 14.0. The van der Waals surface area contributed by atoms with Crippen LogP contribution in [0.4, 0.5) is 0 Å². The van der Waals surface area contributed by atoms with E-state index in [9.17, 15) is 0 Å². The van der Waals surface area contributed by atoms with Crippen molar-refractivity contribution in [3.05, 3.63) is 34.3 Å². The Morgan fingerprint density at radius 1 is 1.37 bits per heavy atom. The van der Waals surface area contributed by atoms with Crippen LogP contribution >= 0.6 is 27.7 Å². The van der Waals surface area contributed by atoms with Gasteiger partial charge in [-0.15, -0.1) is 0 Å². The Bertz CT molecular complexity index is 434. The van der Waals surface area contributed by atoms with E-state index in [4.69, 9.17) is 5.73 Å². The molecule has 19 heavy (non-hydrogen) atoms. The van der Waals surface area contributed by atoms with Crippen LogP contribution in [-0.4, -0.2) is 34.5 Å². The van der Waals surface area contributed by atoms with Crippen LogP contribution in [0.2, 0.25) is 0 Å². The number of nitrogens with zero attached hydrogens (tertiary/aromatic N) is 1. The Kier molecular flexibility index (Phi) is 4.99. The molecule has 1 saturated heterocycles. The number of thioether (sulfide) groups is 1. The van der Waals surface area contributed by atoms with Gasteiger partial charge in [-0.1, -0.05) is 34.1 Å². The smallest absolute Gasteiger partial charge is 0.0508 e. The normalized spacial score (nSPS) is 23.0. The molecule has 4 heteroatoms. The number of benzene rings is 1. The summed E-state index contributed by atoms with van der Waals surface area (Å²) >= 11 is 5.73. The van der Waals surface area contributed by atoms with Crippen LogP contribution in [0.3, 0.4) is 0 Å². The lowest BCUT2D eigenvalue weighted by Crippen LogP contribution is -2.49. The third kappa shape index (κ3) is 3.75. The van der Waals surface area contributed by atoms with E-state index in [1.54, 1.807) is 0 Å². The fraction of sp³-hybridized carbons (Fsp3) is 0.600. The van der Waals surface area contributed by atoms with Crippen LogP contribution in [0.1, 0.15) is 32.4 Å². The standard InChI is InChI=1S/C15H23BrN2S/c1-11(17)14(12-6-4-5-7-13(12)16)18-8-9-19-15(2,3)10-18/h4-7,11,14H,8-10,17H2,1-3H3. The molecule has 1 aliphatic heterocycles. The van der Waals surface area contributed by atoms with E-state index in [2.05, 4.69) is 77.6 Å². The van der Waals surface area contributed by atoms with Gasteiger partial charge in [-0.05, 0) is 32.4 Å². The maximum Gasteiger partial charge on any atom is 0.0508 e. The first-order valence-electron chi connectivity index (χ1n) is 6.79. The first-order chi connectivity index (χ1) is 8.91. The number of halogens is 1. The van der Waals surface area contributed by atoms with Crippen molar-refractivity contribution in [2.24, 2.45) is 5.73 Å². The molecule has 0 bridgehead atoms. The first-order valence-corrected chi connectivity index (χ1v) is 8.56. The molecule has 1 aromatic rings. The molecular weight excluding hydrogens is 320 g/mol. The van der Waals surface area contributed by atoms with Gasteiger partial charge in [0, 0.05) is 34.1 Å². The molecule has 0 spiro atoms. The van der Waals surface area contributed by atoms with Crippen molar-refractivity contribution >= 4 is 27.7 Å². The van der Waals surface area contributed by atoms with Gasteiger partial charge < -0.3 is 5.73 Å². The maximum atomic E-state index is 6.29. The highest BCUT2D eigenvalue weighted by Gasteiger charge is 2.33. The number of rotatable bonds is 3. The largest absolute Gasteiger partial charge is 0.326 e.